The zero-order valence-electron chi connectivity index (χ0n) is 10.6. The summed E-state index contributed by atoms with van der Waals surface area (Å²) < 4.78 is 3.70. The van der Waals surface area contributed by atoms with Crippen LogP contribution < -0.4 is 5.73 Å². The maximum absolute atomic E-state index is 5.71. The third-order valence-electron chi connectivity index (χ3n) is 2.84. The van der Waals surface area contributed by atoms with Gasteiger partial charge in [-0.3, -0.25) is 4.68 Å². The topological polar surface area (TPSA) is 74.6 Å². The van der Waals surface area contributed by atoms with Gasteiger partial charge in [-0.25, -0.2) is 4.68 Å². The molecule has 0 spiro atoms. The number of hydrogen-bond acceptors (Lipinski definition) is 4. The summed E-state index contributed by atoms with van der Waals surface area (Å²) in [4.78, 5) is 0. The summed E-state index contributed by atoms with van der Waals surface area (Å²) in [7, 11) is 1.90. The van der Waals surface area contributed by atoms with Crippen LogP contribution in [0, 0.1) is 0 Å². The van der Waals surface area contributed by atoms with Crippen molar-refractivity contribution >= 4 is 0 Å². The van der Waals surface area contributed by atoms with Crippen molar-refractivity contribution in [3.63, 3.8) is 0 Å². The molecular formula is C12H18N6. The molecule has 6 nitrogen and oxygen atoms in total. The number of unbranched alkanes of at least 4 members (excludes halogenated alkanes) is 1. The maximum atomic E-state index is 5.71. The Morgan fingerprint density at radius 1 is 1.50 bits per heavy atom. The van der Waals surface area contributed by atoms with Crippen LogP contribution in [-0.4, -0.2) is 24.8 Å². The van der Waals surface area contributed by atoms with Crippen LogP contribution in [0.25, 0.3) is 11.4 Å². The van der Waals surface area contributed by atoms with Crippen molar-refractivity contribution in [3.8, 4) is 11.4 Å². The first kappa shape index (κ1) is 12.5. The van der Waals surface area contributed by atoms with Gasteiger partial charge in [0.15, 0.2) is 0 Å². The fourth-order valence-corrected chi connectivity index (χ4v) is 1.91. The molecule has 6 heteroatoms. The predicted molar refractivity (Wildman–Crippen MR) is 69.5 cm³/mol. The Hall–Kier alpha value is -1.95. The highest BCUT2D eigenvalue weighted by atomic mass is 15.4. The molecule has 0 unspecified atom stereocenters. The minimum atomic E-state index is 0.377. The van der Waals surface area contributed by atoms with E-state index in [-0.39, 0.29) is 0 Å². The zero-order valence-corrected chi connectivity index (χ0v) is 10.6. The van der Waals surface area contributed by atoms with Crippen LogP contribution in [0.3, 0.4) is 0 Å². The third-order valence-corrected chi connectivity index (χ3v) is 2.84. The van der Waals surface area contributed by atoms with Crippen molar-refractivity contribution in [2.24, 2.45) is 12.8 Å². The standard InChI is InChI=1S/C12H18N6/c1-3-4-5-8-18-12(10(9-13)15-16-18)11-6-7-14-17(11)2/h3,6-7H,1,4-5,8-9,13H2,2H3. The first-order valence-corrected chi connectivity index (χ1v) is 5.99. The van der Waals surface area contributed by atoms with E-state index < -0.39 is 0 Å². The van der Waals surface area contributed by atoms with Crippen molar-refractivity contribution in [2.75, 3.05) is 0 Å². The molecule has 0 radical (unpaired) electrons. The van der Waals surface area contributed by atoms with Crippen LogP contribution >= 0.6 is 0 Å². The minimum absolute atomic E-state index is 0.377. The summed E-state index contributed by atoms with van der Waals surface area (Å²) in [5, 5.41) is 12.5. The van der Waals surface area contributed by atoms with Crippen molar-refractivity contribution in [2.45, 2.75) is 25.9 Å². The fourth-order valence-electron chi connectivity index (χ4n) is 1.91. The molecule has 0 saturated carbocycles. The van der Waals surface area contributed by atoms with E-state index >= 15 is 0 Å². The quantitative estimate of drug-likeness (QED) is 0.612. The number of nitrogens with two attached hydrogens (primary N) is 1. The normalized spacial score (nSPS) is 10.8. The molecular weight excluding hydrogens is 228 g/mol. The molecule has 0 atom stereocenters. The molecule has 0 aliphatic heterocycles. The van der Waals surface area contributed by atoms with Gasteiger partial charge in [0.2, 0.25) is 0 Å². The fraction of sp³-hybridized carbons (Fsp3) is 0.417. The first-order chi connectivity index (χ1) is 8.77. The second-order valence-electron chi connectivity index (χ2n) is 4.08. The second kappa shape index (κ2) is 5.59. The monoisotopic (exact) mass is 246 g/mol. The van der Waals surface area contributed by atoms with Gasteiger partial charge in [0.05, 0.1) is 5.69 Å². The van der Waals surface area contributed by atoms with Crippen molar-refractivity contribution < 1.29 is 0 Å². The van der Waals surface area contributed by atoms with Gasteiger partial charge in [-0.1, -0.05) is 11.3 Å². The highest BCUT2D eigenvalue weighted by molar-refractivity contribution is 5.57. The van der Waals surface area contributed by atoms with Crippen LogP contribution in [0.4, 0.5) is 0 Å². The number of rotatable bonds is 6. The molecule has 2 aromatic heterocycles. The molecule has 2 N–H and O–H groups in total. The summed E-state index contributed by atoms with van der Waals surface area (Å²) in [6, 6.07) is 1.95. The van der Waals surface area contributed by atoms with Crippen molar-refractivity contribution in [1.29, 1.82) is 0 Å². The highest BCUT2D eigenvalue weighted by Gasteiger charge is 2.16. The second-order valence-corrected chi connectivity index (χ2v) is 4.08. The first-order valence-electron chi connectivity index (χ1n) is 5.99. The molecule has 2 aromatic rings. The van der Waals surface area contributed by atoms with E-state index in [0.29, 0.717) is 6.54 Å². The molecule has 18 heavy (non-hydrogen) atoms. The molecule has 2 heterocycles. The molecule has 96 valence electrons. The van der Waals surface area contributed by atoms with Crippen molar-refractivity contribution in [1.82, 2.24) is 24.8 Å². The van der Waals surface area contributed by atoms with E-state index in [1.807, 2.05) is 28.6 Å². The summed E-state index contributed by atoms with van der Waals surface area (Å²) in [6.07, 6.45) is 5.62. The van der Waals surface area contributed by atoms with E-state index in [1.54, 1.807) is 6.20 Å². The summed E-state index contributed by atoms with van der Waals surface area (Å²) in [6.45, 7) is 4.90. The lowest BCUT2D eigenvalue weighted by molar-refractivity contribution is 0.565. The number of nitrogens with zero attached hydrogens (tertiary/aromatic N) is 5. The van der Waals surface area contributed by atoms with Gasteiger partial charge in [-0.15, -0.1) is 11.7 Å². The minimum Gasteiger partial charge on any atom is -0.325 e. The molecule has 0 amide bonds. The average Bonchev–Trinajstić information content (AvgIpc) is 2.95. The predicted octanol–water partition coefficient (Wildman–Crippen LogP) is 1.10. The third kappa shape index (κ3) is 2.33. The summed E-state index contributed by atoms with van der Waals surface area (Å²) in [5.74, 6) is 0. The number of allylic oxidation sites excluding steroid dienone is 1. The van der Waals surface area contributed by atoms with Crippen LogP contribution in [0.2, 0.25) is 0 Å². The lowest BCUT2D eigenvalue weighted by Gasteiger charge is -2.07. The molecule has 0 aliphatic carbocycles. The Morgan fingerprint density at radius 2 is 2.33 bits per heavy atom. The Bertz CT molecular complexity index is 524. The lowest BCUT2D eigenvalue weighted by atomic mass is 10.2. The SMILES string of the molecule is C=CCCCn1nnc(CN)c1-c1ccnn1C. The molecule has 0 fully saturated rings. The van der Waals surface area contributed by atoms with Crippen LogP contribution in [0.5, 0.6) is 0 Å². The van der Waals surface area contributed by atoms with Gasteiger partial charge in [0.25, 0.3) is 0 Å². The Kier molecular flexibility index (Phi) is 3.88. The van der Waals surface area contributed by atoms with E-state index in [4.69, 9.17) is 5.73 Å². The van der Waals surface area contributed by atoms with Crippen LogP contribution in [0.15, 0.2) is 24.9 Å². The number of hydrogen-bond donors (Lipinski definition) is 1. The largest absolute Gasteiger partial charge is 0.325 e. The van der Waals surface area contributed by atoms with Gasteiger partial charge >= 0.3 is 0 Å². The van der Waals surface area contributed by atoms with Gasteiger partial charge in [0.1, 0.15) is 11.4 Å². The highest BCUT2D eigenvalue weighted by Crippen LogP contribution is 2.21. The Labute approximate surface area is 106 Å². The summed E-state index contributed by atoms with van der Waals surface area (Å²) in [5.41, 5.74) is 8.46. The Morgan fingerprint density at radius 3 is 2.94 bits per heavy atom. The van der Waals surface area contributed by atoms with E-state index in [2.05, 4.69) is 22.0 Å². The smallest absolute Gasteiger partial charge is 0.111 e. The van der Waals surface area contributed by atoms with Gasteiger partial charge in [-0.05, 0) is 18.9 Å². The van der Waals surface area contributed by atoms with Gasteiger partial charge in [-0.2, -0.15) is 5.10 Å². The number of aromatic nitrogens is 5. The maximum Gasteiger partial charge on any atom is 0.111 e. The average molecular weight is 246 g/mol. The molecule has 0 saturated heterocycles. The van der Waals surface area contributed by atoms with Crippen molar-refractivity contribution in [3.05, 3.63) is 30.6 Å². The van der Waals surface area contributed by atoms with E-state index in [9.17, 15) is 0 Å². The lowest BCUT2D eigenvalue weighted by Crippen LogP contribution is -2.07. The van der Waals surface area contributed by atoms with E-state index in [0.717, 1.165) is 36.5 Å². The molecule has 2 rings (SSSR count). The van der Waals surface area contributed by atoms with Gasteiger partial charge < -0.3 is 5.73 Å². The zero-order chi connectivity index (χ0) is 13.0. The van der Waals surface area contributed by atoms with Gasteiger partial charge in [0, 0.05) is 26.3 Å². The summed E-state index contributed by atoms with van der Waals surface area (Å²) >= 11 is 0. The van der Waals surface area contributed by atoms with E-state index in [1.165, 1.54) is 0 Å². The van der Waals surface area contributed by atoms with Crippen LogP contribution in [0.1, 0.15) is 18.5 Å². The molecule has 0 aromatic carbocycles. The molecule has 0 aliphatic rings. The Balaban J connectivity index is 2.34. The molecule has 0 bridgehead atoms. The van der Waals surface area contributed by atoms with Crippen LogP contribution in [-0.2, 0) is 20.1 Å². The number of aryl methyl sites for hydroxylation is 2.